The molecule has 4 nitrogen and oxygen atoms in total. The molecule has 2 atom stereocenters. The molecule has 0 radical (unpaired) electrons. The van der Waals surface area contributed by atoms with E-state index in [-0.39, 0.29) is 10.3 Å². The summed E-state index contributed by atoms with van der Waals surface area (Å²) in [4.78, 5) is 0.422. The fourth-order valence-corrected chi connectivity index (χ4v) is 5.23. The van der Waals surface area contributed by atoms with E-state index >= 15 is 0 Å². The Hall–Kier alpha value is -0.900. The van der Waals surface area contributed by atoms with Gasteiger partial charge in [0.2, 0.25) is 10.0 Å². The van der Waals surface area contributed by atoms with Crippen molar-refractivity contribution in [2.24, 2.45) is 11.8 Å². The van der Waals surface area contributed by atoms with Crippen molar-refractivity contribution in [1.82, 2.24) is 4.72 Å². The Kier molecular flexibility index (Phi) is 4.29. The number of nitrogens with one attached hydrogen (secondary N) is 1. The van der Waals surface area contributed by atoms with Crippen molar-refractivity contribution < 1.29 is 8.42 Å². The quantitative estimate of drug-likeness (QED) is 0.932. The highest BCUT2D eigenvalue weighted by Gasteiger charge is 2.28. The molecule has 1 aliphatic rings. The van der Waals surface area contributed by atoms with Gasteiger partial charge >= 0.3 is 0 Å². The lowest BCUT2D eigenvalue weighted by Gasteiger charge is -2.31. The number of rotatable bonds is 3. The van der Waals surface area contributed by atoms with Crippen LogP contribution in [-0.4, -0.2) is 14.5 Å². The Morgan fingerprint density at radius 3 is 2.42 bits per heavy atom. The zero-order chi connectivity index (χ0) is 14.0. The molecule has 2 rings (SSSR count). The molecule has 0 bridgehead atoms. The molecular formula is C13H18N2O2S2. The molecule has 1 aromatic heterocycles. The van der Waals surface area contributed by atoms with Gasteiger partial charge in [-0.1, -0.05) is 13.8 Å². The summed E-state index contributed by atoms with van der Waals surface area (Å²) >= 11 is 1.02. The largest absolute Gasteiger partial charge is 0.250 e. The van der Waals surface area contributed by atoms with Crippen molar-refractivity contribution in [3.05, 3.63) is 17.0 Å². The van der Waals surface area contributed by atoms with Gasteiger partial charge in [0, 0.05) is 6.04 Å². The number of sulfonamides is 1. The van der Waals surface area contributed by atoms with Crippen LogP contribution in [0.3, 0.4) is 0 Å². The molecule has 1 aliphatic carbocycles. The van der Waals surface area contributed by atoms with Gasteiger partial charge in [-0.3, -0.25) is 0 Å². The lowest BCUT2D eigenvalue weighted by atomic mass is 9.81. The first-order valence-corrected chi connectivity index (χ1v) is 8.73. The summed E-state index contributed by atoms with van der Waals surface area (Å²) in [5, 5.41) is 8.75. The summed E-state index contributed by atoms with van der Waals surface area (Å²) < 4.78 is 27.5. The average Bonchev–Trinajstić information content (AvgIpc) is 2.75. The number of hydrogen-bond acceptors (Lipinski definition) is 4. The zero-order valence-electron chi connectivity index (χ0n) is 11.1. The first-order valence-electron chi connectivity index (χ1n) is 6.43. The maximum Gasteiger partial charge on any atom is 0.250 e. The van der Waals surface area contributed by atoms with Gasteiger partial charge in [0.15, 0.2) is 0 Å². The molecule has 1 aromatic rings. The SMILES string of the molecule is CC1CC(C)CC(NS(=O)(=O)c2ccc(C#N)s2)C1. The maximum atomic E-state index is 12.2. The van der Waals surface area contributed by atoms with E-state index < -0.39 is 10.0 Å². The van der Waals surface area contributed by atoms with Crippen LogP contribution in [0.25, 0.3) is 0 Å². The van der Waals surface area contributed by atoms with Gasteiger partial charge in [-0.15, -0.1) is 11.3 Å². The highest BCUT2D eigenvalue weighted by atomic mass is 32.2. The topological polar surface area (TPSA) is 70.0 Å². The van der Waals surface area contributed by atoms with Crippen LogP contribution in [0.4, 0.5) is 0 Å². The number of nitrogens with zero attached hydrogens (tertiary/aromatic N) is 1. The van der Waals surface area contributed by atoms with Crippen LogP contribution in [0.2, 0.25) is 0 Å². The third-order valence-corrected chi connectivity index (χ3v) is 6.46. The van der Waals surface area contributed by atoms with Gasteiger partial charge in [-0.25, -0.2) is 13.1 Å². The Bertz CT molecular complexity index is 576. The predicted octanol–water partition coefficient (Wildman–Crippen LogP) is 2.72. The van der Waals surface area contributed by atoms with E-state index in [9.17, 15) is 8.42 Å². The van der Waals surface area contributed by atoms with Crippen molar-refractivity contribution in [1.29, 1.82) is 5.26 Å². The van der Waals surface area contributed by atoms with Gasteiger partial charge in [0.1, 0.15) is 15.2 Å². The molecule has 1 fully saturated rings. The summed E-state index contributed by atoms with van der Waals surface area (Å²) in [5.41, 5.74) is 0. The van der Waals surface area contributed by atoms with E-state index in [4.69, 9.17) is 5.26 Å². The maximum absolute atomic E-state index is 12.2. The molecule has 0 saturated heterocycles. The Labute approximate surface area is 118 Å². The fraction of sp³-hybridized carbons (Fsp3) is 0.615. The second-order valence-electron chi connectivity index (χ2n) is 5.47. The lowest BCUT2D eigenvalue weighted by Crippen LogP contribution is -2.39. The molecule has 19 heavy (non-hydrogen) atoms. The minimum atomic E-state index is -3.48. The standard InChI is InChI=1S/C13H18N2O2S2/c1-9-5-10(2)7-11(6-9)15-19(16,17)13-4-3-12(8-14)18-13/h3-4,9-11,15H,5-7H2,1-2H3. The van der Waals surface area contributed by atoms with Gasteiger partial charge in [-0.05, 0) is 43.2 Å². The van der Waals surface area contributed by atoms with Crippen LogP contribution >= 0.6 is 11.3 Å². The van der Waals surface area contributed by atoms with E-state index in [0.717, 1.165) is 30.6 Å². The van der Waals surface area contributed by atoms with E-state index in [1.54, 1.807) is 6.07 Å². The van der Waals surface area contributed by atoms with Gasteiger partial charge in [0.05, 0.1) is 0 Å². The summed E-state index contributed by atoms with van der Waals surface area (Å²) in [6, 6.07) is 5.02. The average molecular weight is 298 g/mol. The molecule has 2 unspecified atom stereocenters. The highest BCUT2D eigenvalue weighted by Crippen LogP contribution is 2.30. The van der Waals surface area contributed by atoms with Gasteiger partial charge in [0.25, 0.3) is 0 Å². The van der Waals surface area contributed by atoms with Crippen molar-refractivity contribution in [3.63, 3.8) is 0 Å². The fourth-order valence-electron chi connectivity index (χ4n) is 2.85. The minimum Gasteiger partial charge on any atom is -0.207 e. The van der Waals surface area contributed by atoms with E-state index in [1.807, 2.05) is 6.07 Å². The van der Waals surface area contributed by atoms with Crippen LogP contribution in [0.15, 0.2) is 16.3 Å². The van der Waals surface area contributed by atoms with Gasteiger partial charge < -0.3 is 0 Å². The Morgan fingerprint density at radius 2 is 1.89 bits per heavy atom. The molecule has 1 saturated carbocycles. The number of thiophene rings is 1. The minimum absolute atomic E-state index is 0.0105. The zero-order valence-corrected chi connectivity index (χ0v) is 12.7. The molecule has 0 amide bonds. The molecule has 6 heteroatoms. The lowest BCUT2D eigenvalue weighted by molar-refractivity contribution is 0.258. The van der Waals surface area contributed by atoms with Crippen LogP contribution < -0.4 is 4.72 Å². The van der Waals surface area contributed by atoms with Crippen LogP contribution in [0.5, 0.6) is 0 Å². The summed E-state index contributed by atoms with van der Waals surface area (Å²) in [6.07, 6.45) is 2.94. The first kappa shape index (κ1) is 14.5. The first-order chi connectivity index (χ1) is 8.90. The molecule has 1 N–H and O–H groups in total. The Balaban J connectivity index is 2.11. The third-order valence-electron chi connectivity index (χ3n) is 3.46. The van der Waals surface area contributed by atoms with Crippen molar-refractivity contribution in [2.75, 3.05) is 0 Å². The molecule has 0 spiro atoms. The van der Waals surface area contributed by atoms with Gasteiger partial charge in [-0.2, -0.15) is 5.26 Å². The van der Waals surface area contributed by atoms with Crippen molar-refractivity contribution in [2.45, 2.75) is 43.4 Å². The Morgan fingerprint density at radius 1 is 1.26 bits per heavy atom. The molecule has 104 valence electrons. The molecule has 0 aliphatic heterocycles. The number of nitriles is 1. The van der Waals surface area contributed by atoms with Crippen molar-refractivity contribution in [3.8, 4) is 6.07 Å². The van der Waals surface area contributed by atoms with E-state index in [0.29, 0.717) is 16.7 Å². The summed E-state index contributed by atoms with van der Waals surface area (Å²) in [7, 11) is -3.48. The van der Waals surface area contributed by atoms with Crippen LogP contribution in [0, 0.1) is 23.2 Å². The highest BCUT2D eigenvalue weighted by molar-refractivity contribution is 7.91. The molecule has 1 heterocycles. The summed E-state index contributed by atoms with van der Waals surface area (Å²) in [6.45, 7) is 4.33. The predicted molar refractivity (Wildman–Crippen MR) is 75.3 cm³/mol. The smallest absolute Gasteiger partial charge is 0.207 e. The molecule has 0 aromatic carbocycles. The normalized spacial score (nSPS) is 27.9. The third kappa shape index (κ3) is 3.56. The van der Waals surface area contributed by atoms with Crippen LogP contribution in [0.1, 0.15) is 38.0 Å². The van der Waals surface area contributed by atoms with E-state index in [1.165, 1.54) is 6.07 Å². The number of hydrogen-bond donors (Lipinski definition) is 1. The second-order valence-corrected chi connectivity index (χ2v) is 8.49. The monoisotopic (exact) mass is 298 g/mol. The summed E-state index contributed by atoms with van der Waals surface area (Å²) in [5.74, 6) is 1.10. The second kappa shape index (κ2) is 5.61. The van der Waals surface area contributed by atoms with Crippen molar-refractivity contribution >= 4 is 21.4 Å². The van der Waals surface area contributed by atoms with E-state index in [2.05, 4.69) is 18.6 Å². The molecular weight excluding hydrogens is 280 g/mol. The van der Waals surface area contributed by atoms with Crippen LogP contribution in [-0.2, 0) is 10.0 Å².